The molecule has 0 fully saturated rings. The van der Waals surface area contributed by atoms with Crippen LogP contribution in [0.25, 0.3) is 0 Å². The van der Waals surface area contributed by atoms with Gasteiger partial charge in [0.15, 0.2) is 0 Å². The van der Waals surface area contributed by atoms with E-state index >= 15 is 0 Å². The molecule has 224 valence electrons. The number of nitrogens with one attached hydrogen (secondary N) is 1. The van der Waals surface area contributed by atoms with Crippen molar-refractivity contribution in [2.45, 2.75) is 96.8 Å². The first-order chi connectivity index (χ1) is 18.6. The Bertz CT molecular complexity index is 560. The summed E-state index contributed by atoms with van der Waals surface area (Å²) in [5, 5.41) is 11.0. The molecule has 0 aliphatic carbocycles. The van der Waals surface area contributed by atoms with Crippen LogP contribution in [-0.4, -0.2) is 89.0 Å². The van der Waals surface area contributed by atoms with E-state index in [-0.39, 0.29) is 19.2 Å². The van der Waals surface area contributed by atoms with Crippen molar-refractivity contribution >= 4 is 17.8 Å². The van der Waals surface area contributed by atoms with Gasteiger partial charge < -0.3 is 34.1 Å². The van der Waals surface area contributed by atoms with Gasteiger partial charge in [0.2, 0.25) is 5.91 Å². The van der Waals surface area contributed by atoms with Gasteiger partial charge in [-0.05, 0) is 6.42 Å². The van der Waals surface area contributed by atoms with E-state index in [1.54, 1.807) is 0 Å². The van der Waals surface area contributed by atoms with Crippen LogP contribution in [0.3, 0.4) is 0 Å². The lowest BCUT2D eigenvalue weighted by Gasteiger charge is -2.08. The molecule has 0 spiro atoms. The zero-order valence-electron chi connectivity index (χ0n) is 23.7. The molecule has 0 saturated carbocycles. The van der Waals surface area contributed by atoms with Crippen molar-refractivity contribution in [3.05, 3.63) is 0 Å². The SMILES string of the molecule is CCCCCCCCCCCCCCCC(=O)OCCOCCOCCOCCNC(=O)COCC(=O)O. The Morgan fingerprint density at radius 3 is 1.58 bits per heavy atom. The van der Waals surface area contributed by atoms with Gasteiger partial charge in [-0.1, -0.05) is 84.0 Å². The third kappa shape index (κ3) is 30.5. The fourth-order valence-corrected chi connectivity index (χ4v) is 3.66. The van der Waals surface area contributed by atoms with Crippen LogP contribution in [0.2, 0.25) is 0 Å². The Balaban J connectivity index is 3.21. The molecule has 0 aromatic carbocycles. The number of hydrogen-bond donors (Lipinski definition) is 2. The first-order valence-corrected chi connectivity index (χ1v) is 14.5. The Kier molecular flexibility index (Phi) is 28.4. The van der Waals surface area contributed by atoms with Crippen LogP contribution in [0.15, 0.2) is 0 Å². The molecule has 1 amide bonds. The summed E-state index contributed by atoms with van der Waals surface area (Å²) in [4.78, 5) is 33.4. The van der Waals surface area contributed by atoms with Gasteiger partial charge in [0, 0.05) is 13.0 Å². The molecule has 38 heavy (non-hydrogen) atoms. The lowest BCUT2D eigenvalue weighted by Crippen LogP contribution is -2.31. The number of carboxylic acids is 1. The molecule has 0 aliphatic rings. The second-order valence-corrected chi connectivity index (χ2v) is 9.29. The summed E-state index contributed by atoms with van der Waals surface area (Å²) in [7, 11) is 0. The van der Waals surface area contributed by atoms with Crippen LogP contribution >= 0.6 is 0 Å². The van der Waals surface area contributed by atoms with E-state index in [0.717, 1.165) is 12.8 Å². The third-order valence-corrected chi connectivity index (χ3v) is 5.75. The number of hydrogen-bond acceptors (Lipinski definition) is 8. The molecule has 0 heterocycles. The lowest BCUT2D eigenvalue weighted by molar-refractivity contribution is -0.146. The number of esters is 1. The highest BCUT2D eigenvalue weighted by molar-refractivity contribution is 5.77. The molecule has 0 aromatic rings. The van der Waals surface area contributed by atoms with Gasteiger partial charge in [0.1, 0.15) is 19.8 Å². The van der Waals surface area contributed by atoms with E-state index in [4.69, 9.17) is 24.1 Å². The normalized spacial score (nSPS) is 11.0. The molecule has 10 nitrogen and oxygen atoms in total. The molecule has 0 radical (unpaired) electrons. The van der Waals surface area contributed by atoms with Crippen LogP contribution < -0.4 is 5.32 Å². The van der Waals surface area contributed by atoms with E-state index in [2.05, 4.69) is 17.0 Å². The largest absolute Gasteiger partial charge is 0.480 e. The Morgan fingerprint density at radius 2 is 1.05 bits per heavy atom. The minimum atomic E-state index is -1.12. The van der Waals surface area contributed by atoms with Crippen molar-refractivity contribution in [3.63, 3.8) is 0 Å². The van der Waals surface area contributed by atoms with Gasteiger partial charge in [0.25, 0.3) is 0 Å². The Hall–Kier alpha value is -1.75. The molecule has 0 atom stereocenters. The fourth-order valence-electron chi connectivity index (χ4n) is 3.66. The molecule has 0 aromatic heterocycles. The highest BCUT2D eigenvalue weighted by Gasteiger charge is 2.04. The second kappa shape index (κ2) is 29.8. The molecule has 2 N–H and O–H groups in total. The molecule has 0 bridgehead atoms. The molecule has 10 heteroatoms. The summed E-state index contributed by atoms with van der Waals surface area (Å²) >= 11 is 0. The van der Waals surface area contributed by atoms with E-state index < -0.39 is 18.5 Å². The number of carbonyl (C=O) groups is 3. The lowest BCUT2D eigenvalue weighted by atomic mass is 10.0. The summed E-state index contributed by atoms with van der Waals surface area (Å²) in [6, 6.07) is 0. The van der Waals surface area contributed by atoms with Crippen molar-refractivity contribution in [1.29, 1.82) is 0 Å². The first-order valence-electron chi connectivity index (χ1n) is 14.5. The van der Waals surface area contributed by atoms with Crippen molar-refractivity contribution in [1.82, 2.24) is 5.32 Å². The third-order valence-electron chi connectivity index (χ3n) is 5.75. The van der Waals surface area contributed by atoms with Gasteiger partial charge >= 0.3 is 11.9 Å². The van der Waals surface area contributed by atoms with Crippen molar-refractivity contribution in [2.75, 3.05) is 66.0 Å². The van der Waals surface area contributed by atoms with E-state index in [1.165, 1.54) is 70.6 Å². The van der Waals surface area contributed by atoms with Crippen LogP contribution in [-0.2, 0) is 38.1 Å². The second-order valence-electron chi connectivity index (χ2n) is 9.29. The highest BCUT2D eigenvalue weighted by Crippen LogP contribution is 2.13. The van der Waals surface area contributed by atoms with E-state index in [9.17, 15) is 14.4 Å². The number of carbonyl (C=O) groups excluding carboxylic acids is 2. The molecule has 0 aliphatic heterocycles. The van der Waals surface area contributed by atoms with Crippen LogP contribution in [0.1, 0.15) is 96.8 Å². The maximum absolute atomic E-state index is 11.8. The smallest absolute Gasteiger partial charge is 0.329 e. The monoisotopic (exact) mass is 547 g/mol. The topological polar surface area (TPSA) is 130 Å². The highest BCUT2D eigenvalue weighted by atomic mass is 16.6. The predicted molar refractivity (Wildman–Crippen MR) is 145 cm³/mol. The number of ether oxygens (including phenoxy) is 5. The van der Waals surface area contributed by atoms with Gasteiger partial charge in [-0.15, -0.1) is 0 Å². The number of rotatable bonds is 30. The van der Waals surface area contributed by atoms with Crippen molar-refractivity contribution in [3.8, 4) is 0 Å². The zero-order valence-corrected chi connectivity index (χ0v) is 23.7. The maximum atomic E-state index is 11.8. The van der Waals surface area contributed by atoms with Gasteiger partial charge in [0.05, 0.1) is 39.6 Å². The van der Waals surface area contributed by atoms with Crippen molar-refractivity contribution in [2.24, 2.45) is 0 Å². The van der Waals surface area contributed by atoms with Gasteiger partial charge in [-0.3, -0.25) is 9.59 Å². The summed E-state index contributed by atoms with van der Waals surface area (Å²) in [5.74, 6) is -1.67. The van der Waals surface area contributed by atoms with Gasteiger partial charge in [-0.2, -0.15) is 0 Å². The molecular weight excluding hydrogens is 494 g/mol. The molecular formula is C28H53NO9. The van der Waals surface area contributed by atoms with E-state index in [0.29, 0.717) is 52.6 Å². The molecule has 0 rings (SSSR count). The minimum absolute atomic E-state index is 0.158. The number of amides is 1. The standard InChI is InChI=1S/C28H53NO9/c1-2-3-4-5-6-7-8-9-10-11-12-13-14-15-28(33)38-23-22-36-21-20-35-19-18-34-17-16-29-26(30)24-37-25-27(31)32/h2-25H2,1H3,(H,29,30)(H,31,32). The molecule has 0 saturated heterocycles. The molecule has 0 unspecified atom stereocenters. The van der Waals surface area contributed by atoms with E-state index in [1.807, 2.05) is 0 Å². The average molecular weight is 548 g/mol. The van der Waals surface area contributed by atoms with Gasteiger partial charge in [-0.25, -0.2) is 4.79 Å². The number of unbranched alkanes of at least 4 members (excludes halogenated alkanes) is 12. The maximum Gasteiger partial charge on any atom is 0.329 e. The fraction of sp³-hybridized carbons (Fsp3) is 0.893. The first kappa shape index (κ1) is 36.2. The minimum Gasteiger partial charge on any atom is -0.480 e. The Labute approximate surface area is 229 Å². The summed E-state index contributed by atoms with van der Waals surface area (Å²) in [5.41, 5.74) is 0. The number of carboxylic acid groups (broad SMARTS) is 1. The summed E-state index contributed by atoms with van der Waals surface area (Å²) in [6.07, 6.45) is 17.2. The Morgan fingerprint density at radius 1 is 0.579 bits per heavy atom. The van der Waals surface area contributed by atoms with Crippen LogP contribution in [0, 0.1) is 0 Å². The summed E-state index contributed by atoms with van der Waals surface area (Å²) < 4.78 is 25.9. The average Bonchev–Trinajstić information content (AvgIpc) is 2.89. The predicted octanol–water partition coefficient (Wildman–Crippen LogP) is 4.28. The summed E-state index contributed by atoms with van der Waals surface area (Å²) in [6.45, 7) is 4.26. The van der Waals surface area contributed by atoms with Crippen LogP contribution in [0.4, 0.5) is 0 Å². The van der Waals surface area contributed by atoms with Crippen molar-refractivity contribution < 1.29 is 43.2 Å². The number of aliphatic carboxylic acids is 1. The zero-order chi connectivity index (χ0) is 27.9. The van der Waals surface area contributed by atoms with Crippen LogP contribution in [0.5, 0.6) is 0 Å². The quantitative estimate of drug-likeness (QED) is 0.1000.